The minimum absolute atomic E-state index is 1.69. The first-order chi connectivity index (χ1) is 4.47. The van der Waals surface area contributed by atoms with Crippen LogP contribution >= 0.6 is 0 Å². The van der Waals surface area contributed by atoms with E-state index in [0.29, 0.717) is 0 Å². The lowest BCUT2D eigenvalue weighted by Crippen LogP contribution is -2.33. The molecule has 2 aliphatic rings. The fraction of sp³-hybridized carbons (Fsp3) is 0. The van der Waals surface area contributed by atoms with Gasteiger partial charge in [0.05, 0.1) is 18.6 Å². The highest BCUT2D eigenvalue weighted by molar-refractivity contribution is 5.58. The third-order valence-corrected chi connectivity index (χ3v) is 1.11. The Morgan fingerprint density at radius 3 is 3.00 bits per heavy atom. The van der Waals surface area contributed by atoms with Crippen LogP contribution < -0.4 is 5.43 Å². The number of hydrazine groups is 1. The van der Waals surface area contributed by atoms with Gasteiger partial charge in [0.15, 0.2) is 0 Å². The summed E-state index contributed by atoms with van der Waals surface area (Å²) in [7, 11) is 0. The minimum atomic E-state index is 1.69. The summed E-state index contributed by atoms with van der Waals surface area (Å²) < 4.78 is 0. The third kappa shape index (κ3) is 0.561. The number of rotatable bonds is 0. The summed E-state index contributed by atoms with van der Waals surface area (Å²) in [6.07, 6.45) is 8.69. The molecule has 0 atom stereocenters. The molecule has 4 nitrogen and oxygen atoms in total. The first-order valence-corrected chi connectivity index (χ1v) is 2.62. The molecule has 2 aliphatic heterocycles. The Morgan fingerprint density at radius 2 is 2.11 bits per heavy atom. The SMILES string of the molecule is C1=CN2C=NC=CN2[N]1. The fourth-order valence-corrected chi connectivity index (χ4v) is 0.706. The van der Waals surface area contributed by atoms with Crippen LogP contribution in [0.2, 0.25) is 0 Å². The van der Waals surface area contributed by atoms with Crippen LogP contribution in [0.3, 0.4) is 0 Å². The zero-order valence-electron chi connectivity index (χ0n) is 4.68. The van der Waals surface area contributed by atoms with Gasteiger partial charge in [-0.3, -0.25) is 0 Å². The molecule has 9 heavy (non-hydrogen) atoms. The number of fused-ring (bicyclic) bond motifs is 1. The van der Waals surface area contributed by atoms with E-state index in [4.69, 9.17) is 0 Å². The van der Waals surface area contributed by atoms with E-state index in [1.54, 1.807) is 35.1 Å². The summed E-state index contributed by atoms with van der Waals surface area (Å²) in [5.41, 5.74) is 3.96. The lowest BCUT2D eigenvalue weighted by molar-refractivity contribution is 0.138. The standard InChI is InChI=1S/C5H5N4/c1-4-9-7-2-3-8(9)5-6-1/h1-5H. The Balaban J connectivity index is 2.25. The molecule has 0 amide bonds. The molecule has 0 unspecified atom stereocenters. The molecule has 0 N–H and O–H groups in total. The Labute approximate surface area is 52.7 Å². The molecule has 0 saturated heterocycles. The summed E-state index contributed by atoms with van der Waals surface area (Å²) in [5, 5.41) is 3.47. The van der Waals surface area contributed by atoms with Crippen molar-refractivity contribution in [2.24, 2.45) is 4.99 Å². The maximum Gasteiger partial charge on any atom is 0.116 e. The summed E-state index contributed by atoms with van der Waals surface area (Å²) >= 11 is 0. The highest BCUT2D eigenvalue weighted by Gasteiger charge is 2.12. The zero-order valence-corrected chi connectivity index (χ0v) is 4.68. The molecule has 45 valence electrons. The Kier molecular flexibility index (Phi) is 0.745. The van der Waals surface area contributed by atoms with E-state index in [1.165, 1.54) is 0 Å². The molecule has 2 heterocycles. The molecular weight excluding hydrogens is 116 g/mol. The number of hydrogen-bond acceptors (Lipinski definition) is 3. The summed E-state index contributed by atoms with van der Waals surface area (Å²) in [6, 6.07) is 0. The van der Waals surface area contributed by atoms with Crippen molar-refractivity contribution in [3.05, 3.63) is 24.8 Å². The van der Waals surface area contributed by atoms with Crippen molar-refractivity contribution < 1.29 is 0 Å². The number of aliphatic imine (C=N–C) groups is 1. The van der Waals surface area contributed by atoms with Gasteiger partial charge in [-0.25, -0.2) is 10.0 Å². The van der Waals surface area contributed by atoms with Crippen molar-refractivity contribution >= 4 is 6.34 Å². The van der Waals surface area contributed by atoms with Gasteiger partial charge in [-0.15, -0.1) is 0 Å². The first kappa shape index (κ1) is 4.43. The van der Waals surface area contributed by atoms with E-state index < -0.39 is 0 Å². The van der Waals surface area contributed by atoms with Crippen LogP contribution in [0.1, 0.15) is 0 Å². The lowest BCUT2D eigenvalue weighted by Gasteiger charge is -2.21. The van der Waals surface area contributed by atoms with E-state index in [1.807, 2.05) is 6.20 Å². The maximum absolute atomic E-state index is 3.96. The quantitative estimate of drug-likeness (QED) is 0.452. The largest absolute Gasteiger partial charge is 0.243 e. The second kappa shape index (κ2) is 1.51. The number of nitrogens with zero attached hydrogens (tertiary/aromatic N) is 4. The van der Waals surface area contributed by atoms with Crippen LogP contribution in [0.25, 0.3) is 0 Å². The minimum Gasteiger partial charge on any atom is -0.243 e. The summed E-state index contributed by atoms with van der Waals surface area (Å²) in [6.45, 7) is 0. The van der Waals surface area contributed by atoms with E-state index >= 15 is 0 Å². The van der Waals surface area contributed by atoms with Crippen molar-refractivity contribution in [2.45, 2.75) is 0 Å². The Hall–Kier alpha value is -1.45. The second-order valence-electron chi connectivity index (χ2n) is 1.68. The molecule has 0 saturated carbocycles. The average Bonchev–Trinajstić information content (AvgIpc) is 2.33. The molecule has 1 radical (unpaired) electrons. The Bertz CT molecular complexity index is 193. The average molecular weight is 121 g/mol. The summed E-state index contributed by atoms with van der Waals surface area (Å²) in [5.74, 6) is 0. The smallest absolute Gasteiger partial charge is 0.116 e. The van der Waals surface area contributed by atoms with Gasteiger partial charge in [0, 0.05) is 6.20 Å². The van der Waals surface area contributed by atoms with Crippen molar-refractivity contribution in [1.82, 2.24) is 15.6 Å². The van der Waals surface area contributed by atoms with Crippen LogP contribution in [0.15, 0.2) is 29.8 Å². The van der Waals surface area contributed by atoms with Crippen LogP contribution in [0.5, 0.6) is 0 Å². The van der Waals surface area contributed by atoms with Gasteiger partial charge in [0.1, 0.15) is 6.34 Å². The van der Waals surface area contributed by atoms with Crippen LogP contribution in [0, 0.1) is 0 Å². The topological polar surface area (TPSA) is 32.9 Å². The molecule has 0 aromatic rings. The van der Waals surface area contributed by atoms with E-state index in [-0.39, 0.29) is 0 Å². The molecule has 0 aromatic carbocycles. The monoisotopic (exact) mass is 121 g/mol. The third-order valence-electron chi connectivity index (χ3n) is 1.11. The molecule has 0 fully saturated rings. The van der Waals surface area contributed by atoms with Crippen molar-refractivity contribution in [3.63, 3.8) is 0 Å². The Morgan fingerprint density at radius 1 is 1.11 bits per heavy atom. The highest BCUT2D eigenvalue weighted by Crippen LogP contribution is 2.05. The normalized spacial score (nSPS) is 20.4. The zero-order chi connectivity index (χ0) is 6.10. The predicted molar refractivity (Wildman–Crippen MR) is 32.6 cm³/mol. The van der Waals surface area contributed by atoms with E-state index in [2.05, 4.69) is 10.4 Å². The van der Waals surface area contributed by atoms with E-state index in [9.17, 15) is 0 Å². The van der Waals surface area contributed by atoms with Gasteiger partial charge in [0.2, 0.25) is 0 Å². The maximum atomic E-state index is 3.96. The van der Waals surface area contributed by atoms with Gasteiger partial charge in [-0.1, -0.05) is 0 Å². The van der Waals surface area contributed by atoms with E-state index in [0.717, 1.165) is 0 Å². The molecule has 2 rings (SSSR count). The van der Waals surface area contributed by atoms with Gasteiger partial charge >= 0.3 is 0 Å². The van der Waals surface area contributed by atoms with Crippen molar-refractivity contribution in [2.75, 3.05) is 0 Å². The lowest BCUT2D eigenvalue weighted by atomic mass is 10.8. The highest BCUT2D eigenvalue weighted by atomic mass is 15.8. The summed E-state index contributed by atoms with van der Waals surface area (Å²) in [4.78, 5) is 3.89. The van der Waals surface area contributed by atoms with Gasteiger partial charge < -0.3 is 0 Å². The van der Waals surface area contributed by atoms with Crippen molar-refractivity contribution in [1.29, 1.82) is 0 Å². The fourth-order valence-electron chi connectivity index (χ4n) is 0.706. The van der Waals surface area contributed by atoms with Crippen molar-refractivity contribution in [3.8, 4) is 0 Å². The molecular formula is C5H5N4. The molecule has 0 bridgehead atoms. The van der Waals surface area contributed by atoms with Crippen LogP contribution in [-0.4, -0.2) is 16.5 Å². The predicted octanol–water partition coefficient (Wildman–Crippen LogP) is 0.0227. The van der Waals surface area contributed by atoms with Gasteiger partial charge in [0.25, 0.3) is 0 Å². The molecule has 4 heteroatoms. The molecule has 0 aliphatic carbocycles. The second-order valence-corrected chi connectivity index (χ2v) is 1.68. The van der Waals surface area contributed by atoms with Gasteiger partial charge in [-0.05, 0) is 0 Å². The van der Waals surface area contributed by atoms with Crippen LogP contribution in [-0.2, 0) is 0 Å². The van der Waals surface area contributed by atoms with Crippen LogP contribution in [0.4, 0.5) is 0 Å². The molecule has 0 aromatic heterocycles. The first-order valence-electron chi connectivity index (χ1n) is 2.62. The van der Waals surface area contributed by atoms with Gasteiger partial charge in [-0.2, -0.15) is 10.5 Å². The molecule has 0 spiro atoms. The number of hydrogen-bond donors (Lipinski definition) is 0.